The van der Waals surface area contributed by atoms with Gasteiger partial charge in [-0.25, -0.2) is 4.79 Å². The van der Waals surface area contributed by atoms with Gasteiger partial charge in [-0.05, 0) is 19.8 Å². The number of carboxylic acids is 1. The minimum absolute atomic E-state index is 0.128. The molecule has 1 atom stereocenters. The minimum atomic E-state index is -0.892. The zero-order valence-corrected chi connectivity index (χ0v) is 12.2. The van der Waals surface area contributed by atoms with Crippen LogP contribution in [0, 0.1) is 5.41 Å². The fourth-order valence-corrected chi connectivity index (χ4v) is 2.28. The summed E-state index contributed by atoms with van der Waals surface area (Å²) in [5, 5.41) is 9.23. The van der Waals surface area contributed by atoms with E-state index in [9.17, 15) is 19.5 Å². The summed E-state index contributed by atoms with van der Waals surface area (Å²) in [5.74, 6) is -1.26. The summed E-state index contributed by atoms with van der Waals surface area (Å²) < 4.78 is 4.52. The van der Waals surface area contributed by atoms with E-state index in [1.165, 1.54) is 16.9 Å². The summed E-state index contributed by atoms with van der Waals surface area (Å²) in [5.41, 5.74) is -0.892. The maximum absolute atomic E-state index is 12.2. The van der Waals surface area contributed by atoms with Crippen molar-refractivity contribution in [2.45, 2.75) is 26.2 Å². The zero-order chi connectivity index (χ0) is 15.3. The highest BCUT2D eigenvalue weighted by Crippen LogP contribution is 2.30. The van der Waals surface area contributed by atoms with E-state index in [2.05, 4.69) is 4.74 Å². The molecule has 0 radical (unpaired) electrons. The molecule has 1 unspecified atom stereocenters. The van der Waals surface area contributed by atoms with Gasteiger partial charge in [-0.2, -0.15) is 0 Å². The maximum Gasteiger partial charge on any atom is 0.319 e. The Labute approximate surface area is 118 Å². The second-order valence-corrected chi connectivity index (χ2v) is 5.42. The van der Waals surface area contributed by atoms with Crippen LogP contribution in [0.4, 0.5) is 4.79 Å². The third-order valence-electron chi connectivity index (χ3n) is 3.69. The molecule has 1 aliphatic rings. The molecule has 1 rings (SSSR count). The minimum Gasteiger partial charge on any atom is -0.481 e. The normalized spacial score (nSPS) is 22.2. The number of carboxylic acid groups (broad SMARTS) is 1. The first-order valence-corrected chi connectivity index (χ1v) is 6.60. The van der Waals surface area contributed by atoms with Crippen molar-refractivity contribution >= 4 is 18.0 Å². The molecule has 2 amide bonds. The molecule has 1 N–H and O–H groups in total. The van der Waals surface area contributed by atoms with E-state index in [1.54, 1.807) is 14.0 Å². The van der Waals surface area contributed by atoms with Crippen LogP contribution in [0.25, 0.3) is 0 Å². The summed E-state index contributed by atoms with van der Waals surface area (Å²) in [6, 6.07) is -0.249. The van der Waals surface area contributed by atoms with Gasteiger partial charge in [-0.1, -0.05) is 0 Å². The van der Waals surface area contributed by atoms with Crippen molar-refractivity contribution in [1.82, 2.24) is 9.80 Å². The van der Waals surface area contributed by atoms with Gasteiger partial charge in [0.25, 0.3) is 0 Å². The number of piperidine rings is 1. The summed E-state index contributed by atoms with van der Waals surface area (Å²) in [6.45, 7) is 2.66. The summed E-state index contributed by atoms with van der Waals surface area (Å²) in [4.78, 5) is 37.5. The lowest BCUT2D eigenvalue weighted by molar-refractivity contribution is -0.150. The van der Waals surface area contributed by atoms with E-state index in [1.807, 2.05) is 0 Å². The van der Waals surface area contributed by atoms with Gasteiger partial charge in [0.2, 0.25) is 0 Å². The number of likely N-dealkylation sites (tertiary alicyclic amines) is 1. The predicted molar refractivity (Wildman–Crippen MR) is 71.2 cm³/mol. The lowest BCUT2D eigenvalue weighted by atomic mass is 9.82. The lowest BCUT2D eigenvalue weighted by Crippen LogP contribution is -2.52. The van der Waals surface area contributed by atoms with Gasteiger partial charge in [-0.3, -0.25) is 9.59 Å². The van der Waals surface area contributed by atoms with Gasteiger partial charge in [0.1, 0.15) is 0 Å². The number of rotatable bonds is 4. The molecule has 1 aliphatic heterocycles. The van der Waals surface area contributed by atoms with Crippen LogP contribution in [-0.4, -0.2) is 66.7 Å². The Balaban J connectivity index is 2.58. The van der Waals surface area contributed by atoms with Gasteiger partial charge in [-0.15, -0.1) is 0 Å². The number of esters is 1. The molecular weight excluding hydrogens is 264 g/mol. The third-order valence-corrected chi connectivity index (χ3v) is 3.69. The van der Waals surface area contributed by atoms with Gasteiger partial charge in [0, 0.05) is 26.7 Å². The molecule has 7 heteroatoms. The van der Waals surface area contributed by atoms with Crippen molar-refractivity contribution in [3.63, 3.8) is 0 Å². The number of hydrogen-bond acceptors (Lipinski definition) is 4. The Morgan fingerprint density at radius 3 is 2.60 bits per heavy atom. The van der Waals surface area contributed by atoms with Crippen LogP contribution in [0.15, 0.2) is 0 Å². The van der Waals surface area contributed by atoms with E-state index >= 15 is 0 Å². The average Bonchev–Trinajstić information content (AvgIpc) is 2.43. The number of carbonyl (C=O) groups excluding carboxylic acids is 2. The van der Waals surface area contributed by atoms with Crippen LogP contribution in [0.3, 0.4) is 0 Å². The zero-order valence-electron chi connectivity index (χ0n) is 12.2. The molecule has 0 bridgehead atoms. The van der Waals surface area contributed by atoms with E-state index in [-0.39, 0.29) is 31.5 Å². The number of hydrogen-bond donors (Lipinski definition) is 1. The van der Waals surface area contributed by atoms with Crippen LogP contribution in [0.1, 0.15) is 26.2 Å². The van der Waals surface area contributed by atoms with Crippen molar-refractivity contribution in [2.24, 2.45) is 5.41 Å². The quantitative estimate of drug-likeness (QED) is 0.772. The molecule has 1 fully saturated rings. The molecule has 0 aromatic carbocycles. The van der Waals surface area contributed by atoms with Crippen LogP contribution < -0.4 is 0 Å². The molecule has 0 aromatic heterocycles. The summed E-state index contributed by atoms with van der Waals surface area (Å²) in [7, 11) is 2.89. The first-order valence-electron chi connectivity index (χ1n) is 6.60. The average molecular weight is 286 g/mol. The number of urea groups is 1. The summed E-state index contributed by atoms with van der Waals surface area (Å²) >= 11 is 0. The lowest BCUT2D eigenvalue weighted by Gasteiger charge is -2.39. The van der Waals surface area contributed by atoms with Crippen molar-refractivity contribution in [1.29, 1.82) is 0 Å². The van der Waals surface area contributed by atoms with E-state index in [0.29, 0.717) is 19.4 Å². The molecule has 0 aliphatic carbocycles. The molecule has 0 spiro atoms. The monoisotopic (exact) mass is 286 g/mol. The van der Waals surface area contributed by atoms with Gasteiger partial charge >= 0.3 is 18.0 Å². The second kappa shape index (κ2) is 6.58. The van der Waals surface area contributed by atoms with E-state index < -0.39 is 11.4 Å². The molecule has 0 saturated carbocycles. The fourth-order valence-electron chi connectivity index (χ4n) is 2.28. The summed E-state index contributed by atoms with van der Waals surface area (Å²) in [6.07, 6.45) is 1.36. The molecule has 114 valence electrons. The highest BCUT2D eigenvalue weighted by Gasteiger charge is 2.39. The first-order chi connectivity index (χ1) is 9.30. The molecule has 20 heavy (non-hydrogen) atoms. The molecule has 7 nitrogen and oxygen atoms in total. The largest absolute Gasteiger partial charge is 0.481 e. The van der Waals surface area contributed by atoms with Crippen LogP contribution in [0.5, 0.6) is 0 Å². The van der Waals surface area contributed by atoms with Crippen LogP contribution in [0.2, 0.25) is 0 Å². The number of ether oxygens (including phenoxy) is 1. The van der Waals surface area contributed by atoms with Crippen molar-refractivity contribution in [3.05, 3.63) is 0 Å². The Morgan fingerprint density at radius 1 is 1.40 bits per heavy atom. The Hall–Kier alpha value is -1.79. The molecule has 1 heterocycles. The van der Waals surface area contributed by atoms with Gasteiger partial charge in [0.15, 0.2) is 0 Å². The highest BCUT2D eigenvalue weighted by molar-refractivity contribution is 5.79. The number of aliphatic carboxylic acids is 1. The number of nitrogens with zero attached hydrogens (tertiary/aromatic N) is 2. The van der Waals surface area contributed by atoms with Crippen molar-refractivity contribution in [3.8, 4) is 0 Å². The van der Waals surface area contributed by atoms with Crippen molar-refractivity contribution < 1.29 is 24.2 Å². The predicted octanol–water partition coefficient (Wildman–Crippen LogP) is 0.788. The Bertz CT molecular complexity index is 398. The maximum atomic E-state index is 12.2. The number of amides is 2. The van der Waals surface area contributed by atoms with Gasteiger partial charge < -0.3 is 19.6 Å². The second-order valence-electron chi connectivity index (χ2n) is 5.42. The van der Waals surface area contributed by atoms with E-state index in [0.717, 1.165) is 0 Å². The Morgan fingerprint density at radius 2 is 2.05 bits per heavy atom. The van der Waals surface area contributed by atoms with Crippen LogP contribution >= 0.6 is 0 Å². The standard InChI is InChI=1S/C13H22N2O5/c1-13(11(17)18)6-4-7-15(9-13)12(19)14(2)8-5-10(16)20-3/h4-9H2,1-3H3,(H,17,18). The SMILES string of the molecule is COC(=O)CCN(C)C(=O)N1CCCC(C)(C(=O)O)C1. The molecular formula is C13H22N2O5. The van der Waals surface area contributed by atoms with Crippen molar-refractivity contribution in [2.75, 3.05) is 33.8 Å². The van der Waals surface area contributed by atoms with Gasteiger partial charge in [0.05, 0.1) is 18.9 Å². The highest BCUT2D eigenvalue weighted by atomic mass is 16.5. The Kier molecular flexibility index (Phi) is 5.35. The first kappa shape index (κ1) is 16.3. The smallest absolute Gasteiger partial charge is 0.319 e. The molecule has 1 saturated heterocycles. The van der Waals surface area contributed by atoms with E-state index in [4.69, 9.17) is 0 Å². The van der Waals surface area contributed by atoms with Crippen LogP contribution in [-0.2, 0) is 14.3 Å². The third kappa shape index (κ3) is 3.85. The number of methoxy groups -OCH3 is 1. The molecule has 0 aromatic rings. The number of carbonyl (C=O) groups is 3. The topological polar surface area (TPSA) is 87.2 Å². The fraction of sp³-hybridized carbons (Fsp3) is 0.769.